The third-order valence-corrected chi connectivity index (χ3v) is 3.15. The number of hydrogen-bond acceptors (Lipinski definition) is 1. The molecule has 2 atom stereocenters. The molecule has 4 heteroatoms. The largest absolute Gasteiger partial charge is 0.370 e. The van der Waals surface area contributed by atoms with E-state index >= 15 is 0 Å². The van der Waals surface area contributed by atoms with Gasteiger partial charge >= 0.3 is 0 Å². The van der Waals surface area contributed by atoms with Crippen LogP contribution < -0.4 is 11.1 Å². The SMILES string of the molecule is C=C(C)CN=C(N)N[C@@H]1C[C@H]1c1cccc(Cl)c1. The Balaban J connectivity index is 1.88. The summed E-state index contributed by atoms with van der Waals surface area (Å²) >= 11 is 5.98. The van der Waals surface area contributed by atoms with Crippen LogP contribution in [0.4, 0.5) is 0 Å². The molecule has 1 aliphatic carbocycles. The fourth-order valence-corrected chi connectivity index (χ4v) is 2.11. The average molecular weight is 264 g/mol. The number of nitrogens with one attached hydrogen (secondary N) is 1. The minimum Gasteiger partial charge on any atom is -0.370 e. The van der Waals surface area contributed by atoms with Crippen molar-refractivity contribution in [2.24, 2.45) is 10.7 Å². The number of halogens is 1. The Morgan fingerprint density at radius 3 is 3.06 bits per heavy atom. The molecule has 96 valence electrons. The van der Waals surface area contributed by atoms with Gasteiger partial charge in [-0.25, -0.2) is 4.99 Å². The van der Waals surface area contributed by atoms with Crippen LogP contribution in [0.1, 0.15) is 24.8 Å². The lowest BCUT2D eigenvalue weighted by Crippen LogP contribution is -2.34. The lowest BCUT2D eigenvalue weighted by molar-refractivity contribution is 0.852. The van der Waals surface area contributed by atoms with E-state index in [9.17, 15) is 0 Å². The van der Waals surface area contributed by atoms with Gasteiger partial charge in [0.25, 0.3) is 0 Å². The zero-order valence-electron chi connectivity index (χ0n) is 10.5. The molecule has 1 fully saturated rings. The van der Waals surface area contributed by atoms with Crippen molar-refractivity contribution in [3.8, 4) is 0 Å². The predicted molar refractivity (Wildman–Crippen MR) is 77.0 cm³/mol. The number of guanidine groups is 1. The number of hydrogen-bond donors (Lipinski definition) is 2. The number of nitrogens with zero attached hydrogens (tertiary/aromatic N) is 1. The van der Waals surface area contributed by atoms with Crippen LogP contribution in [-0.2, 0) is 0 Å². The summed E-state index contributed by atoms with van der Waals surface area (Å²) in [5.41, 5.74) is 8.06. The van der Waals surface area contributed by atoms with Crippen LogP contribution in [0.25, 0.3) is 0 Å². The molecular weight excluding hydrogens is 246 g/mol. The highest BCUT2D eigenvalue weighted by atomic mass is 35.5. The van der Waals surface area contributed by atoms with Gasteiger partial charge in [-0.2, -0.15) is 0 Å². The Kier molecular flexibility index (Phi) is 3.92. The van der Waals surface area contributed by atoms with Crippen molar-refractivity contribution in [3.05, 3.63) is 47.0 Å². The molecule has 1 aliphatic rings. The highest BCUT2D eigenvalue weighted by Crippen LogP contribution is 2.41. The number of rotatable bonds is 4. The predicted octanol–water partition coefficient (Wildman–Crippen LogP) is 2.68. The van der Waals surface area contributed by atoms with Gasteiger partial charge in [0.2, 0.25) is 0 Å². The van der Waals surface area contributed by atoms with Gasteiger partial charge in [0.05, 0.1) is 6.54 Å². The Morgan fingerprint density at radius 2 is 2.39 bits per heavy atom. The second-order valence-corrected chi connectivity index (χ2v) is 5.24. The molecule has 0 bridgehead atoms. The van der Waals surface area contributed by atoms with Crippen LogP contribution in [0.3, 0.4) is 0 Å². The molecule has 0 unspecified atom stereocenters. The summed E-state index contributed by atoms with van der Waals surface area (Å²) < 4.78 is 0. The molecule has 0 saturated heterocycles. The molecule has 2 rings (SSSR count). The molecule has 1 aromatic rings. The first-order chi connectivity index (χ1) is 8.56. The topological polar surface area (TPSA) is 50.4 Å². The van der Waals surface area contributed by atoms with E-state index in [0.717, 1.165) is 17.0 Å². The van der Waals surface area contributed by atoms with Crippen molar-refractivity contribution in [1.82, 2.24) is 5.32 Å². The summed E-state index contributed by atoms with van der Waals surface area (Å²) in [5.74, 6) is 0.981. The van der Waals surface area contributed by atoms with Crippen LogP contribution in [0, 0.1) is 0 Å². The zero-order valence-corrected chi connectivity index (χ0v) is 11.2. The Labute approximate surface area is 113 Å². The first-order valence-corrected chi connectivity index (χ1v) is 6.40. The first kappa shape index (κ1) is 13.0. The van der Waals surface area contributed by atoms with Crippen molar-refractivity contribution in [3.63, 3.8) is 0 Å². The van der Waals surface area contributed by atoms with Crippen molar-refractivity contribution in [2.45, 2.75) is 25.3 Å². The minimum atomic E-state index is 0.373. The molecular formula is C14H18ClN3. The molecule has 0 amide bonds. The Bertz CT molecular complexity index is 482. The molecule has 0 heterocycles. The van der Waals surface area contributed by atoms with Gasteiger partial charge in [-0.3, -0.25) is 0 Å². The van der Waals surface area contributed by atoms with Gasteiger partial charge in [-0.05, 0) is 31.0 Å². The van der Waals surface area contributed by atoms with E-state index in [4.69, 9.17) is 17.3 Å². The van der Waals surface area contributed by atoms with Gasteiger partial charge in [0.1, 0.15) is 0 Å². The molecule has 18 heavy (non-hydrogen) atoms. The number of nitrogens with two attached hydrogens (primary N) is 1. The normalized spacial score (nSPS) is 22.7. The summed E-state index contributed by atoms with van der Waals surface area (Å²) in [6, 6.07) is 8.34. The van der Waals surface area contributed by atoms with Crippen LogP contribution >= 0.6 is 11.6 Å². The number of benzene rings is 1. The highest BCUT2D eigenvalue weighted by molar-refractivity contribution is 6.30. The Hall–Kier alpha value is -1.48. The summed E-state index contributed by atoms with van der Waals surface area (Å²) in [5, 5.41) is 4.00. The summed E-state index contributed by atoms with van der Waals surface area (Å²) in [6.45, 7) is 6.30. The van der Waals surface area contributed by atoms with Gasteiger partial charge in [-0.1, -0.05) is 35.9 Å². The van der Waals surface area contributed by atoms with E-state index in [1.54, 1.807) is 0 Å². The highest BCUT2D eigenvalue weighted by Gasteiger charge is 2.38. The van der Waals surface area contributed by atoms with E-state index < -0.39 is 0 Å². The summed E-state index contributed by atoms with van der Waals surface area (Å²) in [4.78, 5) is 4.21. The second kappa shape index (κ2) is 5.44. The standard InChI is InChI=1S/C14H18ClN3/c1-9(2)8-17-14(16)18-13-7-12(13)10-4-3-5-11(15)6-10/h3-6,12-13H,1,7-8H2,2H3,(H3,16,17,18)/t12-,13+/m0/s1. The van der Waals surface area contributed by atoms with Crippen LogP contribution in [-0.4, -0.2) is 18.5 Å². The van der Waals surface area contributed by atoms with Crippen molar-refractivity contribution in [2.75, 3.05) is 6.54 Å². The quantitative estimate of drug-likeness (QED) is 0.499. The van der Waals surface area contributed by atoms with Gasteiger partial charge in [0.15, 0.2) is 5.96 Å². The first-order valence-electron chi connectivity index (χ1n) is 6.02. The van der Waals surface area contributed by atoms with E-state index in [2.05, 4.69) is 23.0 Å². The number of aliphatic imine (C=N–C) groups is 1. The zero-order chi connectivity index (χ0) is 13.1. The lowest BCUT2D eigenvalue weighted by atomic mass is 10.1. The van der Waals surface area contributed by atoms with Crippen LogP contribution in [0.15, 0.2) is 41.4 Å². The van der Waals surface area contributed by atoms with Crippen molar-refractivity contribution < 1.29 is 0 Å². The summed E-state index contributed by atoms with van der Waals surface area (Å²) in [6.07, 6.45) is 1.07. The maximum atomic E-state index is 5.98. The smallest absolute Gasteiger partial charge is 0.189 e. The van der Waals surface area contributed by atoms with E-state index in [1.807, 2.05) is 25.1 Å². The molecule has 3 N–H and O–H groups in total. The molecule has 0 spiro atoms. The van der Waals surface area contributed by atoms with Gasteiger partial charge < -0.3 is 11.1 Å². The third-order valence-electron chi connectivity index (χ3n) is 2.92. The minimum absolute atomic E-state index is 0.373. The van der Waals surface area contributed by atoms with Gasteiger partial charge in [-0.15, -0.1) is 0 Å². The van der Waals surface area contributed by atoms with Crippen LogP contribution in [0.2, 0.25) is 5.02 Å². The molecule has 0 aliphatic heterocycles. The van der Waals surface area contributed by atoms with E-state index in [0.29, 0.717) is 24.5 Å². The molecule has 1 saturated carbocycles. The third kappa shape index (κ3) is 3.50. The molecule has 3 nitrogen and oxygen atoms in total. The molecule has 0 aromatic heterocycles. The second-order valence-electron chi connectivity index (χ2n) is 4.81. The average Bonchev–Trinajstić information content (AvgIpc) is 3.06. The maximum absolute atomic E-state index is 5.98. The van der Waals surface area contributed by atoms with E-state index in [1.165, 1.54) is 5.56 Å². The lowest BCUT2D eigenvalue weighted by Gasteiger charge is -2.05. The van der Waals surface area contributed by atoms with Crippen molar-refractivity contribution >= 4 is 17.6 Å². The van der Waals surface area contributed by atoms with Gasteiger partial charge in [0, 0.05) is 17.0 Å². The molecule has 1 aromatic carbocycles. The summed E-state index contributed by atoms with van der Waals surface area (Å²) in [7, 11) is 0. The maximum Gasteiger partial charge on any atom is 0.189 e. The van der Waals surface area contributed by atoms with Crippen LogP contribution in [0.5, 0.6) is 0 Å². The Morgan fingerprint density at radius 1 is 1.61 bits per heavy atom. The monoisotopic (exact) mass is 263 g/mol. The molecule has 0 radical (unpaired) electrons. The van der Waals surface area contributed by atoms with Crippen molar-refractivity contribution in [1.29, 1.82) is 0 Å². The fraction of sp³-hybridized carbons (Fsp3) is 0.357. The van der Waals surface area contributed by atoms with E-state index in [-0.39, 0.29) is 0 Å². The fourth-order valence-electron chi connectivity index (χ4n) is 1.92.